The van der Waals surface area contributed by atoms with Gasteiger partial charge in [-0.3, -0.25) is 4.79 Å². The van der Waals surface area contributed by atoms with Crippen LogP contribution >= 0.6 is 11.8 Å². The Bertz CT molecular complexity index is 168. The van der Waals surface area contributed by atoms with Crippen LogP contribution in [0, 0.1) is 0 Å². The Kier molecular flexibility index (Phi) is 10.0. The molecular weight excluding hydrogens is 218 g/mol. The molecule has 0 aromatic rings. The molecule has 15 heavy (non-hydrogen) atoms. The maximum absolute atomic E-state index is 10.4. The molecule has 0 aromatic carbocycles. The summed E-state index contributed by atoms with van der Waals surface area (Å²) in [5.41, 5.74) is 5.32. The van der Waals surface area contributed by atoms with Gasteiger partial charge in [-0.1, -0.05) is 0 Å². The monoisotopic (exact) mass is 237 g/mol. The van der Waals surface area contributed by atoms with E-state index in [-0.39, 0.29) is 0 Å². The number of carboxylic acid groups (broad SMARTS) is 1. The van der Waals surface area contributed by atoms with E-state index in [0.717, 1.165) is 12.2 Å². The fourth-order valence-corrected chi connectivity index (χ4v) is 1.61. The first-order valence-electron chi connectivity index (χ1n) is 4.81. The van der Waals surface area contributed by atoms with Crippen LogP contribution in [0.15, 0.2) is 0 Å². The smallest absolute Gasteiger partial charge is 0.321 e. The highest BCUT2D eigenvalue weighted by Gasteiger charge is 2.10. The molecule has 0 spiro atoms. The number of carboxylic acids is 1. The van der Waals surface area contributed by atoms with Crippen LogP contribution in [0.1, 0.15) is 6.42 Å². The van der Waals surface area contributed by atoms with E-state index in [1.54, 1.807) is 7.11 Å². The fraction of sp³-hybridized carbons (Fsp3) is 0.889. The highest BCUT2D eigenvalue weighted by Crippen LogP contribution is 2.01. The van der Waals surface area contributed by atoms with Crippen molar-refractivity contribution in [2.24, 2.45) is 5.73 Å². The van der Waals surface area contributed by atoms with Gasteiger partial charge in [-0.25, -0.2) is 0 Å². The molecule has 0 saturated heterocycles. The van der Waals surface area contributed by atoms with E-state index in [9.17, 15) is 4.79 Å². The molecule has 0 bridgehead atoms. The molecule has 0 radical (unpaired) electrons. The SMILES string of the molecule is COCCCOCCSC[C@H](N)C(=O)O. The van der Waals surface area contributed by atoms with Crippen molar-refractivity contribution in [2.75, 3.05) is 38.4 Å². The third-order valence-electron chi connectivity index (χ3n) is 1.62. The molecular formula is C9H19NO4S. The van der Waals surface area contributed by atoms with Gasteiger partial charge in [-0.2, -0.15) is 11.8 Å². The van der Waals surface area contributed by atoms with E-state index >= 15 is 0 Å². The second-order valence-electron chi connectivity index (χ2n) is 2.98. The Labute approximate surface area is 94.3 Å². The molecule has 0 fully saturated rings. The molecule has 0 aliphatic heterocycles. The topological polar surface area (TPSA) is 81.8 Å². The van der Waals surface area contributed by atoms with Crippen LogP contribution in [0.3, 0.4) is 0 Å². The lowest BCUT2D eigenvalue weighted by Crippen LogP contribution is -2.32. The van der Waals surface area contributed by atoms with Crippen LogP contribution in [-0.4, -0.2) is 55.6 Å². The van der Waals surface area contributed by atoms with Crippen molar-refractivity contribution in [1.29, 1.82) is 0 Å². The summed E-state index contributed by atoms with van der Waals surface area (Å²) in [5.74, 6) is 0.244. The fourth-order valence-electron chi connectivity index (χ4n) is 0.807. The van der Waals surface area contributed by atoms with E-state index < -0.39 is 12.0 Å². The van der Waals surface area contributed by atoms with Crippen molar-refractivity contribution in [3.8, 4) is 0 Å². The quantitative estimate of drug-likeness (QED) is 0.528. The number of ether oxygens (including phenoxy) is 2. The number of nitrogens with two attached hydrogens (primary N) is 1. The van der Waals surface area contributed by atoms with Crippen LogP contribution in [0.4, 0.5) is 0 Å². The van der Waals surface area contributed by atoms with Crippen LogP contribution in [0.2, 0.25) is 0 Å². The van der Waals surface area contributed by atoms with Crippen molar-refractivity contribution in [1.82, 2.24) is 0 Å². The molecule has 0 amide bonds. The Morgan fingerprint density at radius 1 is 1.47 bits per heavy atom. The van der Waals surface area contributed by atoms with Crippen LogP contribution in [0.25, 0.3) is 0 Å². The summed E-state index contributed by atoms with van der Waals surface area (Å²) in [7, 11) is 1.66. The second-order valence-corrected chi connectivity index (χ2v) is 4.13. The van der Waals surface area contributed by atoms with Gasteiger partial charge in [-0.15, -0.1) is 0 Å². The van der Waals surface area contributed by atoms with Crippen molar-refractivity contribution in [3.63, 3.8) is 0 Å². The van der Waals surface area contributed by atoms with Crippen LogP contribution < -0.4 is 5.73 Å². The largest absolute Gasteiger partial charge is 0.480 e. The number of rotatable bonds is 10. The molecule has 90 valence electrons. The summed E-state index contributed by atoms with van der Waals surface area (Å²) in [5, 5.41) is 8.50. The van der Waals surface area contributed by atoms with Gasteiger partial charge in [0.25, 0.3) is 0 Å². The normalized spacial score (nSPS) is 12.7. The average Bonchev–Trinajstić information content (AvgIpc) is 2.21. The van der Waals surface area contributed by atoms with Crippen LogP contribution in [0.5, 0.6) is 0 Å². The number of aliphatic carboxylic acids is 1. The predicted molar refractivity (Wildman–Crippen MR) is 60.2 cm³/mol. The first-order chi connectivity index (χ1) is 7.18. The number of hydrogen-bond donors (Lipinski definition) is 2. The van der Waals surface area contributed by atoms with E-state index in [2.05, 4.69) is 0 Å². The van der Waals surface area contributed by atoms with Crippen molar-refractivity contribution in [3.05, 3.63) is 0 Å². The molecule has 0 rings (SSSR count). The summed E-state index contributed by atoms with van der Waals surface area (Å²) in [6.07, 6.45) is 0.885. The molecule has 5 nitrogen and oxygen atoms in total. The maximum atomic E-state index is 10.4. The standard InChI is InChI=1S/C9H19NO4S/c1-13-3-2-4-14-5-6-15-7-8(10)9(11)12/h8H,2-7,10H2,1H3,(H,11,12)/t8-/m0/s1. The van der Waals surface area contributed by atoms with Crippen LogP contribution in [-0.2, 0) is 14.3 Å². The lowest BCUT2D eigenvalue weighted by molar-refractivity contribution is -0.137. The number of carbonyl (C=O) groups is 1. The molecule has 0 saturated carbocycles. The lowest BCUT2D eigenvalue weighted by atomic mass is 10.4. The molecule has 6 heteroatoms. The van der Waals surface area contributed by atoms with Gasteiger partial charge in [0.05, 0.1) is 6.61 Å². The van der Waals surface area contributed by atoms with Gasteiger partial charge in [0.1, 0.15) is 6.04 Å². The van der Waals surface area contributed by atoms with Crippen molar-refractivity contribution in [2.45, 2.75) is 12.5 Å². The molecule has 0 aliphatic carbocycles. The Hall–Kier alpha value is -0.300. The van der Waals surface area contributed by atoms with Crippen molar-refractivity contribution < 1.29 is 19.4 Å². The summed E-state index contributed by atoms with van der Waals surface area (Å²) in [6, 6.07) is -0.775. The summed E-state index contributed by atoms with van der Waals surface area (Å²) >= 11 is 1.49. The zero-order valence-electron chi connectivity index (χ0n) is 8.98. The predicted octanol–water partition coefficient (Wildman–Crippen LogP) is 0.185. The summed E-state index contributed by atoms with van der Waals surface area (Å²) < 4.78 is 10.1. The van der Waals surface area contributed by atoms with Gasteiger partial charge in [0.15, 0.2) is 0 Å². The van der Waals surface area contributed by atoms with E-state index in [4.69, 9.17) is 20.3 Å². The molecule has 0 heterocycles. The van der Waals surface area contributed by atoms with Gasteiger partial charge < -0.3 is 20.3 Å². The number of methoxy groups -OCH3 is 1. The highest BCUT2D eigenvalue weighted by atomic mass is 32.2. The molecule has 3 N–H and O–H groups in total. The molecule has 0 aromatic heterocycles. The molecule has 0 aliphatic rings. The third kappa shape index (κ3) is 9.99. The maximum Gasteiger partial charge on any atom is 0.321 e. The molecule has 1 atom stereocenters. The molecule has 0 unspecified atom stereocenters. The van der Waals surface area contributed by atoms with Crippen molar-refractivity contribution >= 4 is 17.7 Å². The zero-order valence-corrected chi connectivity index (χ0v) is 9.79. The minimum Gasteiger partial charge on any atom is -0.480 e. The minimum absolute atomic E-state index is 0.427. The Balaban J connectivity index is 3.08. The van der Waals surface area contributed by atoms with E-state index in [1.807, 2.05) is 0 Å². The van der Waals surface area contributed by atoms with Gasteiger partial charge in [0.2, 0.25) is 0 Å². The Morgan fingerprint density at radius 2 is 2.20 bits per heavy atom. The third-order valence-corrected chi connectivity index (χ3v) is 2.67. The van der Waals surface area contributed by atoms with Gasteiger partial charge in [-0.05, 0) is 6.42 Å². The number of thioether (sulfide) groups is 1. The lowest BCUT2D eigenvalue weighted by Gasteiger charge is -2.06. The Morgan fingerprint density at radius 3 is 2.80 bits per heavy atom. The first-order valence-corrected chi connectivity index (χ1v) is 5.96. The zero-order chi connectivity index (χ0) is 11.5. The highest BCUT2D eigenvalue weighted by molar-refractivity contribution is 7.99. The average molecular weight is 237 g/mol. The first kappa shape index (κ1) is 14.7. The minimum atomic E-state index is -0.955. The second kappa shape index (κ2) is 10.2. The van der Waals surface area contributed by atoms with Gasteiger partial charge in [0, 0.05) is 31.8 Å². The van der Waals surface area contributed by atoms with Gasteiger partial charge >= 0.3 is 5.97 Å². The summed E-state index contributed by atoms with van der Waals surface area (Å²) in [4.78, 5) is 10.4. The van der Waals surface area contributed by atoms with E-state index in [1.165, 1.54) is 11.8 Å². The number of hydrogen-bond acceptors (Lipinski definition) is 5. The summed E-state index contributed by atoms with van der Waals surface area (Å²) in [6.45, 7) is 2.01. The van der Waals surface area contributed by atoms with E-state index in [0.29, 0.717) is 25.6 Å².